The van der Waals surface area contributed by atoms with Crippen LogP contribution in [0.2, 0.25) is 0 Å². The van der Waals surface area contributed by atoms with Crippen molar-refractivity contribution in [1.82, 2.24) is 10.4 Å². The second-order valence-electron chi connectivity index (χ2n) is 3.55. The Morgan fingerprint density at radius 3 is 2.59 bits per heavy atom. The molecule has 0 aliphatic rings. The number of aromatic nitrogens is 1. The minimum Gasteiger partial charge on any atom is -0.271 e. The lowest BCUT2D eigenvalue weighted by Gasteiger charge is -2.13. The molecule has 3 nitrogen and oxygen atoms in total. The predicted octanol–water partition coefficient (Wildman–Crippen LogP) is 3.42. The molecule has 0 saturated carbocycles. The molecule has 1 unspecified atom stereocenters. The molecule has 2 rings (SSSR count). The summed E-state index contributed by atoms with van der Waals surface area (Å²) >= 11 is 8.65. The molecule has 0 aromatic carbocycles. The molecule has 0 aliphatic carbocycles. The highest BCUT2D eigenvalue weighted by Crippen LogP contribution is 2.36. The topological polar surface area (TPSA) is 50.9 Å². The van der Waals surface area contributed by atoms with E-state index < -0.39 is 0 Å². The smallest absolute Gasteiger partial charge is 0.0843 e. The average molecular weight is 377 g/mol. The van der Waals surface area contributed by atoms with Crippen LogP contribution in [-0.4, -0.2) is 4.98 Å². The standard InChI is InChI=1S/C11H11Br2N3S/c12-8-6-10(17-11(8)13)9(16-14)5-7-1-3-15-4-2-7/h1-4,6,9,16H,5,14H2. The number of nitrogens with two attached hydrogens (primary N) is 1. The molecule has 1 atom stereocenters. The first-order chi connectivity index (χ1) is 8.20. The van der Waals surface area contributed by atoms with Gasteiger partial charge in [-0.3, -0.25) is 16.3 Å². The quantitative estimate of drug-likeness (QED) is 0.634. The van der Waals surface area contributed by atoms with Crippen molar-refractivity contribution in [2.75, 3.05) is 0 Å². The van der Waals surface area contributed by atoms with E-state index in [1.807, 2.05) is 12.1 Å². The number of hydrogen-bond acceptors (Lipinski definition) is 4. The number of nitrogens with zero attached hydrogens (tertiary/aromatic N) is 1. The molecule has 0 bridgehead atoms. The Bertz CT molecular complexity index is 467. The zero-order valence-electron chi connectivity index (χ0n) is 8.86. The maximum absolute atomic E-state index is 5.62. The summed E-state index contributed by atoms with van der Waals surface area (Å²) in [4.78, 5) is 5.20. The number of halogens is 2. The third kappa shape index (κ3) is 3.35. The third-order valence-corrected chi connectivity index (χ3v) is 5.77. The van der Waals surface area contributed by atoms with Gasteiger partial charge in [-0.05, 0) is 62.0 Å². The minimum atomic E-state index is 0.116. The van der Waals surface area contributed by atoms with E-state index in [-0.39, 0.29) is 6.04 Å². The van der Waals surface area contributed by atoms with Gasteiger partial charge in [0.2, 0.25) is 0 Å². The number of hydrazine groups is 1. The van der Waals surface area contributed by atoms with Gasteiger partial charge in [-0.25, -0.2) is 0 Å². The van der Waals surface area contributed by atoms with Crippen LogP contribution < -0.4 is 11.3 Å². The van der Waals surface area contributed by atoms with Crippen molar-refractivity contribution in [3.63, 3.8) is 0 Å². The Balaban J connectivity index is 2.17. The highest BCUT2D eigenvalue weighted by molar-refractivity contribution is 9.13. The zero-order valence-corrected chi connectivity index (χ0v) is 12.8. The molecule has 90 valence electrons. The van der Waals surface area contributed by atoms with Gasteiger partial charge in [0.1, 0.15) is 0 Å². The number of thiophene rings is 1. The van der Waals surface area contributed by atoms with E-state index >= 15 is 0 Å². The van der Waals surface area contributed by atoms with Crippen LogP contribution in [0.4, 0.5) is 0 Å². The molecule has 2 heterocycles. The summed E-state index contributed by atoms with van der Waals surface area (Å²) in [7, 11) is 0. The molecule has 0 aliphatic heterocycles. The Kier molecular flexibility index (Phi) is 4.69. The van der Waals surface area contributed by atoms with Gasteiger partial charge >= 0.3 is 0 Å². The molecule has 2 aromatic rings. The molecule has 3 N–H and O–H groups in total. The molecule has 0 amide bonds. The Hall–Kier alpha value is -0.270. The van der Waals surface area contributed by atoms with Crippen LogP contribution >= 0.6 is 43.2 Å². The normalized spacial score (nSPS) is 12.6. The van der Waals surface area contributed by atoms with Crippen LogP contribution in [0, 0.1) is 0 Å². The van der Waals surface area contributed by atoms with Crippen molar-refractivity contribution < 1.29 is 0 Å². The van der Waals surface area contributed by atoms with Crippen LogP contribution in [-0.2, 0) is 6.42 Å². The first kappa shape index (κ1) is 13.2. The highest BCUT2D eigenvalue weighted by atomic mass is 79.9. The predicted molar refractivity (Wildman–Crippen MR) is 77.7 cm³/mol. The van der Waals surface area contributed by atoms with E-state index in [2.05, 4.69) is 48.3 Å². The van der Waals surface area contributed by atoms with E-state index in [0.717, 1.165) is 14.7 Å². The van der Waals surface area contributed by atoms with Crippen LogP contribution in [0.5, 0.6) is 0 Å². The van der Waals surface area contributed by atoms with Gasteiger partial charge in [-0.15, -0.1) is 11.3 Å². The Morgan fingerprint density at radius 2 is 2.06 bits per heavy atom. The monoisotopic (exact) mass is 375 g/mol. The van der Waals surface area contributed by atoms with Gasteiger partial charge in [-0.2, -0.15) is 0 Å². The number of rotatable bonds is 4. The first-order valence-electron chi connectivity index (χ1n) is 5.00. The summed E-state index contributed by atoms with van der Waals surface area (Å²) in [6.07, 6.45) is 4.44. The highest BCUT2D eigenvalue weighted by Gasteiger charge is 2.15. The van der Waals surface area contributed by atoms with Gasteiger partial charge in [0, 0.05) is 21.7 Å². The van der Waals surface area contributed by atoms with Crippen molar-refractivity contribution in [3.05, 3.63) is 49.3 Å². The zero-order chi connectivity index (χ0) is 12.3. The molecule has 17 heavy (non-hydrogen) atoms. The van der Waals surface area contributed by atoms with Crippen molar-refractivity contribution in [3.8, 4) is 0 Å². The summed E-state index contributed by atoms with van der Waals surface area (Å²) in [6, 6.07) is 6.20. The summed E-state index contributed by atoms with van der Waals surface area (Å²) in [5.41, 5.74) is 4.07. The van der Waals surface area contributed by atoms with Gasteiger partial charge < -0.3 is 0 Å². The lowest BCUT2D eigenvalue weighted by Crippen LogP contribution is -2.28. The average Bonchev–Trinajstić information content (AvgIpc) is 2.68. The van der Waals surface area contributed by atoms with E-state index in [1.165, 1.54) is 10.4 Å². The molecule has 2 aromatic heterocycles. The number of nitrogens with one attached hydrogen (secondary N) is 1. The SMILES string of the molecule is NNC(Cc1ccncc1)c1cc(Br)c(Br)s1. The van der Waals surface area contributed by atoms with Crippen LogP contribution in [0.3, 0.4) is 0 Å². The Morgan fingerprint density at radius 1 is 1.35 bits per heavy atom. The maximum Gasteiger partial charge on any atom is 0.0843 e. The minimum absolute atomic E-state index is 0.116. The Labute approximate surface area is 121 Å². The second kappa shape index (κ2) is 6.06. The fraction of sp³-hybridized carbons (Fsp3) is 0.182. The maximum atomic E-state index is 5.62. The molecule has 0 saturated heterocycles. The summed E-state index contributed by atoms with van der Waals surface area (Å²) in [5, 5.41) is 0. The third-order valence-electron chi connectivity index (χ3n) is 2.40. The molecule has 0 radical (unpaired) electrons. The van der Waals surface area contributed by atoms with Gasteiger partial charge in [-0.1, -0.05) is 0 Å². The summed E-state index contributed by atoms with van der Waals surface area (Å²) in [5.74, 6) is 5.62. The van der Waals surface area contributed by atoms with Gasteiger partial charge in [0.05, 0.1) is 9.83 Å². The van der Waals surface area contributed by atoms with Crippen molar-refractivity contribution in [2.45, 2.75) is 12.5 Å². The number of hydrogen-bond donors (Lipinski definition) is 2. The fourth-order valence-electron chi connectivity index (χ4n) is 1.53. The summed E-state index contributed by atoms with van der Waals surface area (Å²) < 4.78 is 2.15. The lowest BCUT2D eigenvalue weighted by molar-refractivity contribution is 0.560. The van der Waals surface area contributed by atoms with E-state index in [1.54, 1.807) is 23.7 Å². The second-order valence-corrected chi connectivity index (χ2v) is 6.81. The largest absolute Gasteiger partial charge is 0.271 e. The fourth-order valence-corrected chi connectivity index (χ4v) is 3.68. The molecular formula is C11H11Br2N3S. The van der Waals surface area contributed by atoms with E-state index in [0.29, 0.717) is 0 Å². The molecular weight excluding hydrogens is 366 g/mol. The lowest BCUT2D eigenvalue weighted by atomic mass is 10.1. The van der Waals surface area contributed by atoms with Gasteiger partial charge in [0.25, 0.3) is 0 Å². The van der Waals surface area contributed by atoms with Gasteiger partial charge in [0.15, 0.2) is 0 Å². The molecule has 0 spiro atoms. The van der Waals surface area contributed by atoms with E-state index in [4.69, 9.17) is 5.84 Å². The van der Waals surface area contributed by atoms with Crippen molar-refractivity contribution in [2.24, 2.45) is 5.84 Å². The molecule has 0 fully saturated rings. The first-order valence-corrected chi connectivity index (χ1v) is 7.40. The van der Waals surface area contributed by atoms with Crippen molar-refractivity contribution in [1.29, 1.82) is 0 Å². The van der Waals surface area contributed by atoms with Crippen molar-refractivity contribution >= 4 is 43.2 Å². The van der Waals surface area contributed by atoms with Crippen LogP contribution in [0.1, 0.15) is 16.5 Å². The van der Waals surface area contributed by atoms with Crippen LogP contribution in [0.25, 0.3) is 0 Å². The number of pyridine rings is 1. The van der Waals surface area contributed by atoms with Crippen LogP contribution in [0.15, 0.2) is 38.9 Å². The van der Waals surface area contributed by atoms with E-state index in [9.17, 15) is 0 Å². The summed E-state index contributed by atoms with van der Waals surface area (Å²) in [6.45, 7) is 0. The molecule has 6 heteroatoms.